The molecule has 156 valence electrons. The van der Waals surface area contributed by atoms with E-state index in [1.54, 1.807) is 17.8 Å². The number of aryl methyl sites for hydroxylation is 1. The summed E-state index contributed by atoms with van der Waals surface area (Å²) in [5.74, 6) is -2.40. The molecule has 1 aliphatic rings. The van der Waals surface area contributed by atoms with Gasteiger partial charge in [-0.15, -0.1) is 0 Å². The maximum atomic E-state index is 13.8. The van der Waals surface area contributed by atoms with E-state index in [2.05, 4.69) is 25.3 Å². The van der Waals surface area contributed by atoms with Gasteiger partial charge in [0.25, 0.3) is 5.92 Å². The average molecular weight is 407 g/mol. The van der Waals surface area contributed by atoms with Gasteiger partial charge >= 0.3 is 6.01 Å². The molecule has 4 rings (SSSR count). The van der Waals surface area contributed by atoms with Gasteiger partial charge in [0, 0.05) is 13.0 Å². The SMILES string of the molecule is Cc1nonc1Cn1cnc2c(N3CCC(F)(F)C3)nc(OCC(C)(C)C)nc21. The minimum Gasteiger partial charge on any atom is -0.463 e. The molecule has 1 aliphatic heterocycles. The fraction of sp³-hybridized carbons (Fsp3) is 0.611. The van der Waals surface area contributed by atoms with Crippen LogP contribution in [0.5, 0.6) is 6.01 Å². The third-order valence-corrected chi connectivity index (χ3v) is 4.59. The van der Waals surface area contributed by atoms with Crippen LogP contribution in [0.1, 0.15) is 38.6 Å². The largest absolute Gasteiger partial charge is 0.463 e. The Hall–Kier alpha value is -2.85. The molecule has 0 radical (unpaired) electrons. The number of halogens is 2. The van der Waals surface area contributed by atoms with Crippen LogP contribution >= 0.6 is 0 Å². The maximum Gasteiger partial charge on any atom is 0.320 e. The number of aromatic nitrogens is 6. The van der Waals surface area contributed by atoms with Crippen molar-refractivity contribution in [1.29, 1.82) is 0 Å². The molecule has 0 unspecified atom stereocenters. The van der Waals surface area contributed by atoms with Crippen LogP contribution in [0.25, 0.3) is 11.2 Å². The fourth-order valence-electron chi connectivity index (χ4n) is 3.06. The highest BCUT2D eigenvalue weighted by atomic mass is 19.3. The van der Waals surface area contributed by atoms with E-state index in [4.69, 9.17) is 9.37 Å². The first-order valence-corrected chi connectivity index (χ1v) is 9.38. The van der Waals surface area contributed by atoms with Crippen molar-refractivity contribution in [3.05, 3.63) is 17.7 Å². The molecule has 0 atom stereocenters. The highest BCUT2D eigenvalue weighted by Crippen LogP contribution is 2.34. The Morgan fingerprint density at radius 2 is 2.03 bits per heavy atom. The molecule has 1 saturated heterocycles. The molecular formula is C18H23F2N7O2. The van der Waals surface area contributed by atoms with Crippen molar-refractivity contribution in [1.82, 2.24) is 29.8 Å². The molecule has 11 heteroatoms. The lowest BCUT2D eigenvalue weighted by Gasteiger charge is -2.20. The van der Waals surface area contributed by atoms with Gasteiger partial charge in [-0.1, -0.05) is 31.1 Å². The molecule has 29 heavy (non-hydrogen) atoms. The minimum atomic E-state index is -2.75. The lowest BCUT2D eigenvalue weighted by Crippen LogP contribution is -2.26. The summed E-state index contributed by atoms with van der Waals surface area (Å²) in [5, 5.41) is 7.67. The second-order valence-corrected chi connectivity index (χ2v) is 8.55. The number of alkyl halides is 2. The first kappa shape index (κ1) is 19.5. The van der Waals surface area contributed by atoms with Crippen molar-refractivity contribution in [3.8, 4) is 6.01 Å². The zero-order chi connectivity index (χ0) is 20.8. The van der Waals surface area contributed by atoms with E-state index in [0.29, 0.717) is 41.5 Å². The molecule has 0 spiro atoms. The van der Waals surface area contributed by atoms with Gasteiger partial charge in [0.05, 0.1) is 26.0 Å². The Morgan fingerprint density at radius 3 is 2.66 bits per heavy atom. The van der Waals surface area contributed by atoms with E-state index >= 15 is 0 Å². The number of hydrogen-bond donors (Lipinski definition) is 0. The molecule has 9 nitrogen and oxygen atoms in total. The van der Waals surface area contributed by atoms with Gasteiger partial charge in [-0.25, -0.2) is 18.4 Å². The Balaban J connectivity index is 1.75. The van der Waals surface area contributed by atoms with Gasteiger partial charge < -0.3 is 14.2 Å². The minimum absolute atomic E-state index is 0.108. The standard InChI is InChI=1S/C18H23F2N7O2/c1-11-12(25-29-24-11)7-27-10-21-13-14(26-6-5-18(19,20)8-26)22-16(23-15(13)27)28-9-17(2,3)4/h10H,5-9H2,1-4H3. The summed E-state index contributed by atoms with van der Waals surface area (Å²) in [6.45, 7) is 8.36. The van der Waals surface area contributed by atoms with Crippen LogP contribution in [0.2, 0.25) is 0 Å². The molecule has 0 aromatic carbocycles. The summed E-state index contributed by atoms with van der Waals surface area (Å²) in [5.41, 5.74) is 2.11. The highest BCUT2D eigenvalue weighted by Gasteiger charge is 2.40. The van der Waals surface area contributed by atoms with Crippen molar-refractivity contribution >= 4 is 17.0 Å². The van der Waals surface area contributed by atoms with E-state index in [1.807, 2.05) is 20.8 Å². The normalized spacial score (nSPS) is 16.7. The first-order chi connectivity index (χ1) is 13.6. The molecule has 0 N–H and O–H groups in total. The van der Waals surface area contributed by atoms with Crippen LogP contribution in [0.3, 0.4) is 0 Å². The fourth-order valence-corrected chi connectivity index (χ4v) is 3.06. The summed E-state index contributed by atoms with van der Waals surface area (Å²) in [6, 6.07) is 0.134. The van der Waals surface area contributed by atoms with Crippen molar-refractivity contribution < 1.29 is 18.1 Å². The van der Waals surface area contributed by atoms with Crippen molar-refractivity contribution in [2.24, 2.45) is 5.41 Å². The van der Waals surface area contributed by atoms with E-state index in [9.17, 15) is 8.78 Å². The van der Waals surface area contributed by atoms with Crippen molar-refractivity contribution in [2.75, 3.05) is 24.6 Å². The van der Waals surface area contributed by atoms with E-state index < -0.39 is 12.5 Å². The first-order valence-electron chi connectivity index (χ1n) is 9.38. The number of hydrogen-bond acceptors (Lipinski definition) is 8. The molecule has 0 bridgehead atoms. The second-order valence-electron chi connectivity index (χ2n) is 8.55. The summed E-state index contributed by atoms with van der Waals surface area (Å²) in [4.78, 5) is 14.8. The van der Waals surface area contributed by atoms with E-state index in [0.717, 1.165) is 0 Å². The maximum absolute atomic E-state index is 13.8. The summed E-state index contributed by atoms with van der Waals surface area (Å²) >= 11 is 0. The third-order valence-electron chi connectivity index (χ3n) is 4.59. The number of imidazole rings is 1. The van der Waals surface area contributed by atoms with Crippen molar-refractivity contribution in [2.45, 2.75) is 46.6 Å². The highest BCUT2D eigenvalue weighted by molar-refractivity contribution is 5.84. The third kappa shape index (κ3) is 4.13. The van der Waals surface area contributed by atoms with Gasteiger partial charge in [-0.2, -0.15) is 9.97 Å². The Bertz CT molecular complexity index is 1030. The lowest BCUT2D eigenvalue weighted by atomic mass is 9.99. The zero-order valence-corrected chi connectivity index (χ0v) is 16.8. The zero-order valence-electron chi connectivity index (χ0n) is 16.8. The van der Waals surface area contributed by atoms with Gasteiger partial charge in [0.2, 0.25) is 0 Å². The summed E-state index contributed by atoms with van der Waals surface area (Å²) in [7, 11) is 0. The topological polar surface area (TPSA) is 95.0 Å². The number of ether oxygens (including phenoxy) is 1. The summed E-state index contributed by atoms with van der Waals surface area (Å²) < 4.78 is 39.9. The number of fused-ring (bicyclic) bond motifs is 1. The van der Waals surface area contributed by atoms with Gasteiger partial charge in [-0.3, -0.25) is 0 Å². The molecule has 1 fully saturated rings. The van der Waals surface area contributed by atoms with Crippen LogP contribution in [0, 0.1) is 12.3 Å². The van der Waals surface area contributed by atoms with E-state index in [1.165, 1.54) is 4.90 Å². The van der Waals surface area contributed by atoms with Crippen molar-refractivity contribution in [3.63, 3.8) is 0 Å². The second kappa shape index (κ2) is 6.89. The number of rotatable bonds is 5. The molecule has 0 saturated carbocycles. The molecule has 4 heterocycles. The van der Waals surface area contributed by atoms with Crippen LogP contribution in [-0.4, -0.2) is 55.5 Å². The van der Waals surface area contributed by atoms with Gasteiger partial charge in [0.15, 0.2) is 17.0 Å². The molecule has 3 aromatic rings. The van der Waals surface area contributed by atoms with Crippen LogP contribution < -0.4 is 9.64 Å². The monoisotopic (exact) mass is 407 g/mol. The van der Waals surface area contributed by atoms with Gasteiger partial charge in [0.1, 0.15) is 11.4 Å². The Morgan fingerprint density at radius 1 is 1.24 bits per heavy atom. The molecular weight excluding hydrogens is 384 g/mol. The lowest BCUT2D eigenvalue weighted by molar-refractivity contribution is 0.0257. The smallest absolute Gasteiger partial charge is 0.320 e. The molecule has 0 amide bonds. The molecule has 3 aromatic heterocycles. The Kier molecular flexibility index (Phi) is 4.62. The average Bonchev–Trinajstić information content (AvgIpc) is 3.32. The summed E-state index contributed by atoms with van der Waals surface area (Å²) in [6.07, 6.45) is 1.36. The predicted molar refractivity (Wildman–Crippen MR) is 100 cm³/mol. The Labute approximate surface area is 166 Å². The van der Waals surface area contributed by atoms with Crippen LogP contribution in [0.15, 0.2) is 11.0 Å². The number of anilines is 1. The van der Waals surface area contributed by atoms with Crippen LogP contribution in [0.4, 0.5) is 14.6 Å². The van der Waals surface area contributed by atoms with E-state index in [-0.39, 0.29) is 24.4 Å². The quantitative estimate of drug-likeness (QED) is 0.637. The number of nitrogens with zero attached hydrogens (tertiary/aromatic N) is 7. The van der Waals surface area contributed by atoms with Gasteiger partial charge in [-0.05, 0) is 12.3 Å². The molecule has 0 aliphatic carbocycles. The predicted octanol–water partition coefficient (Wildman–Crippen LogP) is 2.84. The van der Waals surface area contributed by atoms with Crippen LogP contribution in [-0.2, 0) is 6.54 Å².